The van der Waals surface area contributed by atoms with E-state index in [0.717, 1.165) is 0 Å². The Morgan fingerprint density at radius 3 is 1.92 bits per heavy atom. The van der Waals surface area contributed by atoms with Gasteiger partial charge in [0.25, 0.3) is 5.79 Å². The zero-order valence-electron chi connectivity index (χ0n) is 7.75. The lowest BCUT2D eigenvalue weighted by Gasteiger charge is -2.51. The van der Waals surface area contributed by atoms with Gasteiger partial charge in [-0.15, -0.1) is 0 Å². The maximum absolute atomic E-state index is 11.0. The van der Waals surface area contributed by atoms with Crippen molar-refractivity contribution in [2.75, 3.05) is 0 Å². The minimum atomic E-state index is -0.921. The monoisotopic (exact) mass is 184 g/mol. The van der Waals surface area contributed by atoms with Gasteiger partial charge in [0, 0.05) is 12.8 Å². The van der Waals surface area contributed by atoms with Crippen molar-refractivity contribution >= 4 is 11.9 Å². The topological polar surface area (TPSA) is 52.6 Å². The standard InChI is InChI=1S/C9H12O4/c1-8(2)4-9(5-8)12-6(10)3-7(11)13-9/h3-5H2,1-2H3. The van der Waals surface area contributed by atoms with E-state index in [-0.39, 0.29) is 11.8 Å². The summed E-state index contributed by atoms with van der Waals surface area (Å²) in [7, 11) is 0. The maximum atomic E-state index is 11.0. The third-order valence-electron chi connectivity index (χ3n) is 2.38. The molecule has 4 heteroatoms. The van der Waals surface area contributed by atoms with E-state index >= 15 is 0 Å². The van der Waals surface area contributed by atoms with Gasteiger partial charge in [-0.3, -0.25) is 9.59 Å². The number of carbonyl (C=O) groups excluding carboxylic acids is 2. The van der Waals surface area contributed by atoms with Crippen LogP contribution in [-0.4, -0.2) is 17.7 Å². The predicted octanol–water partition coefficient (Wildman–Crippen LogP) is 0.993. The fourth-order valence-electron chi connectivity index (χ4n) is 2.18. The average Bonchev–Trinajstić information content (AvgIpc) is 1.77. The van der Waals surface area contributed by atoms with Gasteiger partial charge >= 0.3 is 11.9 Å². The van der Waals surface area contributed by atoms with Crippen molar-refractivity contribution in [1.82, 2.24) is 0 Å². The van der Waals surface area contributed by atoms with Gasteiger partial charge in [-0.1, -0.05) is 13.8 Å². The molecule has 0 aromatic carbocycles. The molecule has 1 heterocycles. The number of hydrogen-bond acceptors (Lipinski definition) is 4. The minimum absolute atomic E-state index is 0.109. The summed E-state index contributed by atoms with van der Waals surface area (Å²) in [5, 5.41) is 0. The lowest BCUT2D eigenvalue weighted by molar-refractivity contribution is -0.295. The molecule has 0 amide bonds. The summed E-state index contributed by atoms with van der Waals surface area (Å²) in [4.78, 5) is 21.9. The smallest absolute Gasteiger partial charge is 0.320 e. The van der Waals surface area contributed by atoms with E-state index in [9.17, 15) is 9.59 Å². The Bertz CT molecular complexity index is 253. The van der Waals surface area contributed by atoms with Crippen molar-refractivity contribution in [1.29, 1.82) is 0 Å². The van der Waals surface area contributed by atoms with Crippen LogP contribution in [0, 0.1) is 5.41 Å². The SMILES string of the molecule is CC1(C)CC2(C1)OC(=O)CC(=O)O2. The molecular weight excluding hydrogens is 172 g/mol. The van der Waals surface area contributed by atoms with Crippen LogP contribution in [0.4, 0.5) is 0 Å². The summed E-state index contributed by atoms with van der Waals surface area (Å²) in [6.07, 6.45) is 0.969. The van der Waals surface area contributed by atoms with Crippen LogP contribution in [0.25, 0.3) is 0 Å². The van der Waals surface area contributed by atoms with Crippen LogP contribution in [0.15, 0.2) is 0 Å². The lowest BCUT2D eigenvalue weighted by Crippen LogP contribution is -2.57. The largest absolute Gasteiger partial charge is 0.422 e. The second kappa shape index (κ2) is 2.25. The normalized spacial score (nSPS) is 29.1. The van der Waals surface area contributed by atoms with Crippen molar-refractivity contribution in [2.45, 2.75) is 38.9 Å². The Morgan fingerprint density at radius 2 is 1.54 bits per heavy atom. The first kappa shape index (κ1) is 8.53. The molecule has 0 radical (unpaired) electrons. The lowest BCUT2D eigenvalue weighted by atomic mass is 9.67. The van der Waals surface area contributed by atoms with Crippen LogP contribution in [0.5, 0.6) is 0 Å². The van der Waals surface area contributed by atoms with Crippen molar-refractivity contribution in [3.63, 3.8) is 0 Å². The molecule has 13 heavy (non-hydrogen) atoms. The summed E-state index contributed by atoms with van der Waals surface area (Å²) in [6.45, 7) is 4.10. The first-order valence-electron chi connectivity index (χ1n) is 4.35. The van der Waals surface area contributed by atoms with Gasteiger partial charge < -0.3 is 9.47 Å². The third kappa shape index (κ3) is 1.41. The van der Waals surface area contributed by atoms with Crippen molar-refractivity contribution in [3.8, 4) is 0 Å². The van der Waals surface area contributed by atoms with Gasteiger partial charge in [0.1, 0.15) is 6.42 Å². The van der Waals surface area contributed by atoms with Crippen molar-refractivity contribution in [3.05, 3.63) is 0 Å². The zero-order valence-corrected chi connectivity index (χ0v) is 7.75. The molecule has 72 valence electrons. The Morgan fingerprint density at radius 1 is 1.08 bits per heavy atom. The van der Waals surface area contributed by atoms with Gasteiger partial charge in [0.2, 0.25) is 0 Å². The Balaban J connectivity index is 2.09. The van der Waals surface area contributed by atoms with E-state index in [1.54, 1.807) is 0 Å². The van der Waals surface area contributed by atoms with Crippen LogP contribution >= 0.6 is 0 Å². The first-order valence-corrected chi connectivity index (χ1v) is 4.35. The van der Waals surface area contributed by atoms with Crippen LogP contribution < -0.4 is 0 Å². The Hall–Kier alpha value is -1.06. The molecule has 0 unspecified atom stereocenters. The molecule has 2 aliphatic rings. The quantitative estimate of drug-likeness (QED) is 0.416. The molecule has 2 fully saturated rings. The second-order valence-corrected chi connectivity index (χ2v) is 4.55. The molecule has 0 N–H and O–H groups in total. The van der Waals surface area contributed by atoms with Crippen molar-refractivity contribution < 1.29 is 19.1 Å². The van der Waals surface area contributed by atoms with Gasteiger partial charge in [-0.25, -0.2) is 0 Å². The van der Waals surface area contributed by atoms with Crippen LogP contribution in [0.1, 0.15) is 33.1 Å². The summed E-state index contributed by atoms with van der Waals surface area (Å²) in [5.41, 5.74) is 0.109. The molecule has 0 aromatic rings. The molecule has 1 saturated carbocycles. The van der Waals surface area contributed by atoms with Crippen LogP contribution in [0.3, 0.4) is 0 Å². The van der Waals surface area contributed by atoms with Crippen molar-refractivity contribution in [2.24, 2.45) is 5.41 Å². The Labute approximate surface area is 76.2 Å². The van der Waals surface area contributed by atoms with E-state index in [2.05, 4.69) is 13.8 Å². The number of esters is 2. The minimum Gasteiger partial charge on any atom is -0.422 e. The average molecular weight is 184 g/mol. The van der Waals surface area contributed by atoms with E-state index in [0.29, 0.717) is 12.8 Å². The molecule has 2 rings (SSSR count). The summed E-state index contributed by atoms with van der Waals surface area (Å²) in [6, 6.07) is 0. The molecule has 1 aliphatic heterocycles. The highest BCUT2D eigenvalue weighted by molar-refractivity contribution is 5.93. The number of rotatable bonds is 0. The predicted molar refractivity (Wildman–Crippen MR) is 42.5 cm³/mol. The third-order valence-corrected chi connectivity index (χ3v) is 2.38. The molecule has 1 spiro atoms. The highest BCUT2D eigenvalue weighted by atomic mass is 16.7. The van der Waals surface area contributed by atoms with E-state index in [4.69, 9.17) is 9.47 Å². The maximum Gasteiger partial charge on any atom is 0.320 e. The number of ether oxygens (including phenoxy) is 2. The van der Waals surface area contributed by atoms with E-state index < -0.39 is 17.7 Å². The summed E-state index contributed by atoms with van der Waals surface area (Å²) in [5.74, 6) is -1.85. The van der Waals surface area contributed by atoms with Crippen LogP contribution in [0.2, 0.25) is 0 Å². The molecule has 0 bridgehead atoms. The summed E-state index contributed by atoms with van der Waals surface area (Å²) >= 11 is 0. The van der Waals surface area contributed by atoms with Gasteiger partial charge in [-0.05, 0) is 5.41 Å². The number of hydrogen-bond donors (Lipinski definition) is 0. The molecule has 4 nitrogen and oxygen atoms in total. The first-order chi connectivity index (χ1) is 5.91. The highest BCUT2D eigenvalue weighted by Gasteiger charge is 2.57. The van der Waals surface area contributed by atoms with Gasteiger partial charge in [0.05, 0.1) is 0 Å². The fourth-order valence-corrected chi connectivity index (χ4v) is 2.18. The Kier molecular flexibility index (Phi) is 1.47. The second-order valence-electron chi connectivity index (χ2n) is 4.55. The van der Waals surface area contributed by atoms with Gasteiger partial charge in [0.15, 0.2) is 0 Å². The zero-order chi connectivity index (χ0) is 9.69. The fraction of sp³-hybridized carbons (Fsp3) is 0.778. The summed E-state index contributed by atoms with van der Waals surface area (Å²) < 4.78 is 10.1. The molecule has 1 aliphatic carbocycles. The molecule has 0 atom stereocenters. The van der Waals surface area contributed by atoms with Gasteiger partial charge in [-0.2, -0.15) is 0 Å². The van der Waals surface area contributed by atoms with E-state index in [1.807, 2.05) is 0 Å². The highest BCUT2D eigenvalue weighted by Crippen LogP contribution is 2.52. The van der Waals surface area contributed by atoms with Crippen LogP contribution in [-0.2, 0) is 19.1 Å². The van der Waals surface area contributed by atoms with E-state index in [1.165, 1.54) is 0 Å². The number of carbonyl (C=O) groups is 2. The molecular formula is C9H12O4. The molecule has 1 saturated heterocycles. The molecule has 0 aromatic heterocycles.